The smallest absolute Gasteiger partial charge is 0.125 e. The highest BCUT2D eigenvalue weighted by atomic mass is 79.9. The quantitative estimate of drug-likeness (QED) is 0.703. The Hall–Kier alpha value is -0.700. The van der Waals surface area contributed by atoms with E-state index in [4.69, 9.17) is 9.47 Å². The van der Waals surface area contributed by atoms with Gasteiger partial charge in [0.2, 0.25) is 0 Å². The molecular weight excluding hydrogens is 280 g/mol. The number of methoxy groups -OCH3 is 2. The fourth-order valence-corrected chi connectivity index (χ4v) is 2.62. The van der Waals surface area contributed by atoms with Gasteiger partial charge in [-0.15, -0.1) is 0 Å². The van der Waals surface area contributed by atoms with E-state index in [1.54, 1.807) is 14.2 Å². The number of halogens is 1. The highest BCUT2D eigenvalue weighted by molar-refractivity contribution is 9.09. The topological polar surface area (TPSA) is 18.5 Å². The van der Waals surface area contributed by atoms with Crippen molar-refractivity contribution in [1.82, 2.24) is 0 Å². The van der Waals surface area contributed by atoms with E-state index in [0.29, 0.717) is 4.83 Å². The van der Waals surface area contributed by atoms with E-state index in [9.17, 15) is 0 Å². The van der Waals surface area contributed by atoms with E-state index < -0.39 is 0 Å². The van der Waals surface area contributed by atoms with Crippen LogP contribution >= 0.6 is 15.9 Å². The number of rotatable bonds is 7. The maximum absolute atomic E-state index is 5.38. The van der Waals surface area contributed by atoms with E-state index >= 15 is 0 Å². The zero-order valence-corrected chi connectivity index (χ0v) is 12.4. The summed E-state index contributed by atoms with van der Waals surface area (Å²) >= 11 is 3.71. The fraction of sp³-hybridized carbons (Fsp3) is 0.571. The molecule has 0 saturated carbocycles. The molecule has 2 nitrogen and oxygen atoms in total. The SMILES string of the molecule is CCCC(Br)CCc1c(OC)cccc1OC. The first-order valence-electron chi connectivity index (χ1n) is 6.06. The highest BCUT2D eigenvalue weighted by Gasteiger charge is 2.11. The molecule has 0 heterocycles. The lowest BCUT2D eigenvalue weighted by Gasteiger charge is -2.14. The van der Waals surface area contributed by atoms with Crippen LogP contribution in [0.5, 0.6) is 11.5 Å². The molecule has 0 aliphatic rings. The van der Waals surface area contributed by atoms with Crippen LogP contribution in [0.25, 0.3) is 0 Å². The Morgan fingerprint density at radius 3 is 2.18 bits per heavy atom. The Labute approximate surface area is 112 Å². The Balaban J connectivity index is 2.74. The maximum Gasteiger partial charge on any atom is 0.125 e. The molecule has 1 aromatic carbocycles. The van der Waals surface area contributed by atoms with Gasteiger partial charge in [0.1, 0.15) is 11.5 Å². The second kappa shape index (κ2) is 7.59. The first kappa shape index (κ1) is 14.4. The molecule has 0 fully saturated rings. The first-order chi connectivity index (χ1) is 8.22. The van der Waals surface area contributed by atoms with Crippen LogP contribution in [0.4, 0.5) is 0 Å². The van der Waals surface area contributed by atoms with Crippen molar-refractivity contribution in [3.63, 3.8) is 0 Å². The van der Waals surface area contributed by atoms with Gasteiger partial charge in [-0.3, -0.25) is 0 Å². The molecule has 17 heavy (non-hydrogen) atoms. The molecule has 3 heteroatoms. The van der Waals surface area contributed by atoms with Gasteiger partial charge in [0.15, 0.2) is 0 Å². The average Bonchev–Trinajstić information content (AvgIpc) is 2.36. The molecule has 0 amide bonds. The van der Waals surface area contributed by atoms with Crippen LogP contribution in [0.3, 0.4) is 0 Å². The summed E-state index contributed by atoms with van der Waals surface area (Å²) in [6, 6.07) is 5.93. The van der Waals surface area contributed by atoms with Gasteiger partial charge in [0.25, 0.3) is 0 Å². The van der Waals surface area contributed by atoms with Crippen molar-refractivity contribution in [3.05, 3.63) is 23.8 Å². The van der Waals surface area contributed by atoms with Crippen LogP contribution in [0.2, 0.25) is 0 Å². The summed E-state index contributed by atoms with van der Waals surface area (Å²) in [4.78, 5) is 0.571. The van der Waals surface area contributed by atoms with E-state index in [0.717, 1.165) is 29.9 Å². The van der Waals surface area contributed by atoms with Crippen LogP contribution in [-0.4, -0.2) is 19.0 Å². The van der Waals surface area contributed by atoms with Crippen LogP contribution in [0.1, 0.15) is 31.7 Å². The highest BCUT2D eigenvalue weighted by Crippen LogP contribution is 2.30. The van der Waals surface area contributed by atoms with E-state index in [-0.39, 0.29) is 0 Å². The fourth-order valence-electron chi connectivity index (χ4n) is 1.93. The van der Waals surface area contributed by atoms with Crippen molar-refractivity contribution in [1.29, 1.82) is 0 Å². The first-order valence-corrected chi connectivity index (χ1v) is 6.98. The molecule has 0 aliphatic carbocycles. The summed E-state index contributed by atoms with van der Waals surface area (Å²) in [6.45, 7) is 2.21. The number of ether oxygens (including phenoxy) is 2. The lowest BCUT2D eigenvalue weighted by atomic mass is 10.0. The van der Waals surface area contributed by atoms with Gasteiger partial charge in [-0.05, 0) is 31.4 Å². The monoisotopic (exact) mass is 300 g/mol. The van der Waals surface area contributed by atoms with Crippen molar-refractivity contribution in [2.75, 3.05) is 14.2 Å². The molecule has 96 valence electrons. The minimum atomic E-state index is 0.571. The Morgan fingerprint density at radius 2 is 1.71 bits per heavy atom. The molecule has 0 aromatic heterocycles. The Kier molecular flexibility index (Phi) is 6.41. The second-order valence-electron chi connectivity index (χ2n) is 4.07. The van der Waals surface area contributed by atoms with E-state index in [1.165, 1.54) is 12.8 Å². The van der Waals surface area contributed by atoms with Crippen molar-refractivity contribution < 1.29 is 9.47 Å². The van der Waals surface area contributed by atoms with Gasteiger partial charge in [-0.25, -0.2) is 0 Å². The van der Waals surface area contributed by atoms with Crippen LogP contribution in [0, 0.1) is 0 Å². The Morgan fingerprint density at radius 1 is 1.12 bits per heavy atom. The predicted octanol–water partition coefficient (Wildman–Crippen LogP) is 4.20. The third-order valence-corrected chi connectivity index (χ3v) is 3.76. The molecule has 1 rings (SSSR count). The van der Waals surface area contributed by atoms with E-state index in [2.05, 4.69) is 22.9 Å². The summed E-state index contributed by atoms with van der Waals surface area (Å²) < 4.78 is 10.8. The molecule has 0 saturated heterocycles. The molecule has 1 unspecified atom stereocenters. The van der Waals surface area contributed by atoms with Gasteiger partial charge >= 0.3 is 0 Å². The molecule has 1 atom stereocenters. The maximum atomic E-state index is 5.38. The minimum Gasteiger partial charge on any atom is -0.496 e. The van der Waals surface area contributed by atoms with Crippen LogP contribution < -0.4 is 9.47 Å². The molecule has 0 bridgehead atoms. The minimum absolute atomic E-state index is 0.571. The standard InChI is InChI=1S/C14H21BrO2/c1-4-6-11(15)9-10-12-13(16-2)7-5-8-14(12)17-3/h5,7-8,11H,4,6,9-10H2,1-3H3. The molecule has 0 radical (unpaired) electrons. The molecule has 0 aliphatic heterocycles. The van der Waals surface area contributed by atoms with Crippen molar-refractivity contribution in [3.8, 4) is 11.5 Å². The van der Waals surface area contributed by atoms with E-state index in [1.807, 2.05) is 18.2 Å². The van der Waals surface area contributed by atoms with Gasteiger partial charge in [0.05, 0.1) is 14.2 Å². The van der Waals surface area contributed by atoms with Crippen LogP contribution in [-0.2, 0) is 6.42 Å². The van der Waals surface area contributed by atoms with Gasteiger partial charge < -0.3 is 9.47 Å². The largest absolute Gasteiger partial charge is 0.496 e. The third-order valence-electron chi connectivity index (χ3n) is 2.84. The summed E-state index contributed by atoms with van der Waals surface area (Å²) in [7, 11) is 3.41. The van der Waals surface area contributed by atoms with Crippen LogP contribution in [0.15, 0.2) is 18.2 Å². The summed E-state index contributed by atoms with van der Waals surface area (Å²) in [5.41, 5.74) is 1.16. The lowest BCUT2D eigenvalue weighted by molar-refractivity contribution is 0.384. The second-order valence-corrected chi connectivity index (χ2v) is 5.36. The third kappa shape index (κ3) is 4.23. The predicted molar refractivity (Wildman–Crippen MR) is 75.5 cm³/mol. The van der Waals surface area contributed by atoms with Gasteiger partial charge in [-0.1, -0.05) is 35.3 Å². The van der Waals surface area contributed by atoms with Gasteiger partial charge in [-0.2, -0.15) is 0 Å². The number of hydrogen-bond donors (Lipinski definition) is 0. The van der Waals surface area contributed by atoms with Crippen molar-refractivity contribution in [2.24, 2.45) is 0 Å². The summed E-state index contributed by atoms with van der Waals surface area (Å²) in [5, 5.41) is 0. The molecular formula is C14H21BrO2. The normalized spacial score (nSPS) is 12.2. The zero-order valence-electron chi connectivity index (χ0n) is 10.8. The summed E-state index contributed by atoms with van der Waals surface area (Å²) in [6.07, 6.45) is 4.49. The van der Waals surface area contributed by atoms with Gasteiger partial charge in [0, 0.05) is 10.4 Å². The zero-order chi connectivity index (χ0) is 12.7. The number of benzene rings is 1. The Bertz CT molecular complexity index is 317. The number of hydrogen-bond acceptors (Lipinski definition) is 2. The van der Waals surface area contributed by atoms with Crippen molar-refractivity contribution >= 4 is 15.9 Å². The lowest BCUT2D eigenvalue weighted by Crippen LogP contribution is -2.02. The van der Waals surface area contributed by atoms with Crippen molar-refractivity contribution in [2.45, 2.75) is 37.4 Å². The average molecular weight is 301 g/mol. The molecule has 1 aromatic rings. The summed E-state index contributed by atoms with van der Waals surface area (Å²) in [5.74, 6) is 1.83. The number of alkyl halides is 1. The molecule has 0 N–H and O–H groups in total. The molecule has 0 spiro atoms.